The number of carboxylic acid groups (broad SMARTS) is 2. The SMILES string of the molecule is COc1cccc(C(O)Cc2cc3c(c4c2C(N)CC4)OC(C(=O)[O-])(C(=O)[O-])O3)c1.[Na+].[Na+]. The molecule has 2 atom stereocenters. The molecule has 0 radical (unpaired) electrons. The molecule has 158 valence electrons. The zero-order chi connectivity index (χ0) is 21.6. The van der Waals surface area contributed by atoms with Gasteiger partial charge in [-0.2, -0.15) is 0 Å². The van der Waals surface area contributed by atoms with Crippen LogP contribution in [-0.2, 0) is 22.4 Å². The molecule has 11 heteroatoms. The Balaban J connectivity index is 0.00000181. The third kappa shape index (κ3) is 4.53. The van der Waals surface area contributed by atoms with Crippen LogP contribution in [0.5, 0.6) is 17.2 Å². The fourth-order valence-corrected chi connectivity index (χ4v) is 4.02. The molecule has 0 aromatic heterocycles. The van der Waals surface area contributed by atoms with Gasteiger partial charge in [-0.15, -0.1) is 0 Å². The van der Waals surface area contributed by atoms with Gasteiger partial charge in [0.2, 0.25) is 0 Å². The second-order valence-electron chi connectivity index (χ2n) is 7.29. The van der Waals surface area contributed by atoms with Crippen LogP contribution in [0.2, 0.25) is 0 Å². The maximum absolute atomic E-state index is 11.4. The number of carbonyl (C=O) groups excluding carboxylic acids is 2. The Morgan fingerprint density at radius 1 is 1.25 bits per heavy atom. The van der Waals surface area contributed by atoms with Gasteiger partial charge in [0.05, 0.1) is 13.2 Å². The van der Waals surface area contributed by atoms with E-state index in [-0.39, 0.29) is 83.1 Å². The Morgan fingerprint density at radius 2 is 1.94 bits per heavy atom. The Hall–Kier alpha value is -1.30. The number of benzene rings is 2. The topological polar surface area (TPSA) is 154 Å². The summed E-state index contributed by atoms with van der Waals surface area (Å²) in [4.78, 5) is 22.9. The number of fused-ring (bicyclic) bond motifs is 3. The Kier molecular flexibility index (Phi) is 8.69. The molecule has 0 fully saturated rings. The number of aliphatic carboxylic acids is 2. The molecule has 2 unspecified atom stereocenters. The smallest absolute Gasteiger partial charge is 0.542 e. The fourth-order valence-electron chi connectivity index (χ4n) is 4.02. The molecule has 2 aromatic carbocycles. The number of carbonyl (C=O) groups is 2. The van der Waals surface area contributed by atoms with Crippen molar-refractivity contribution in [2.24, 2.45) is 5.73 Å². The minimum Gasteiger partial charge on any atom is -0.542 e. The summed E-state index contributed by atoms with van der Waals surface area (Å²) in [7, 11) is 1.52. The summed E-state index contributed by atoms with van der Waals surface area (Å²) in [5, 5.41) is 33.7. The second kappa shape index (κ2) is 10.3. The molecule has 2 aromatic rings. The summed E-state index contributed by atoms with van der Waals surface area (Å²) in [5.74, 6) is -6.69. The van der Waals surface area contributed by atoms with Gasteiger partial charge in [0.1, 0.15) is 17.7 Å². The van der Waals surface area contributed by atoms with E-state index in [1.807, 2.05) is 0 Å². The number of rotatable bonds is 6. The third-order valence-corrected chi connectivity index (χ3v) is 5.48. The second-order valence-corrected chi connectivity index (χ2v) is 7.29. The van der Waals surface area contributed by atoms with E-state index >= 15 is 0 Å². The van der Waals surface area contributed by atoms with Crippen LogP contribution in [0, 0.1) is 0 Å². The summed E-state index contributed by atoms with van der Waals surface area (Å²) in [6, 6.07) is 8.04. The average Bonchev–Trinajstić information content (AvgIpc) is 3.30. The first-order valence-electron chi connectivity index (χ1n) is 9.34. The Morgan fingerprint density at radius 3 is 2.56 bits per heavy atom. The molecule has 0 saturated heterocycles. The largest absolute Gasteiger partial charge is 1.00 e. The van der Waals surface area contributed by atoms with E-state index in [4.69, 9.17) is 19.9 Å². The van der Waals surface area contributed by atoms with Crippen molar-refractivity contribution in [1.29, 1.82) is 0 Å². The van der Waals surface area contributed by atoms with Gasteiger partial charge in [0, 0.05) is 18.0 Å². The molecule has 0 amide bonds. The van der Waals surface area contributed by atoms with Gasteiger partial charge in [-0.25, -0.2) is 0 Å². The van der Waals surface area contributed by atoms with E-state index in [0.717, 1.165) is 0 Å². The van der Waals surface area contributed by atoms with Crippen molar-refractivity contribution in [3.05, 3.63) is 52.6 Å². The predicted molar refractivity (Wildman–Crippen MR) is 97.4 cm³/mol. The van der Waals surface area contributed by atoms with Crippen LogP contribution in [0.4, 0.5) is 0 Å². The predicted octanol–water partition coefficient (Wildman–Crippen LogP) is -7.11. The fraction of sp³-hybridized carbons (Fsp3) is 0.333. The molecular formula is C21H19NNa2O8. The molecule has 9 nitrogen and oxygen atoms in total. The van der Waals surface area contributed by atoms with Gasteiger partial charge < -0.3 is 44.9 Å². The first-order chi connectivity index (χ1) is 14.3. The van der Waals surface area contributed by atoms with Crippen molar-refractivity contribution in [2.75, 3.05) is 7.11 Å². The number of aliphatic hydroxyl groups is 1. The van der Waals surface area contributed by atoms with Crippen molar-refractivity contribution in [3.8, 4) is 17.2 Å². The molecular weight excluding hydrogens is 440 g/mol. The molecule has 4 rings (SSSR count). The summed E-state index contributed by atoms with van der Waals surface area (Å²) in [5.41, 5.74) is 8.71. The van der Waals surface area contributed by atoms with E-state index < -0.39 is 23.8 Å². The minimum absolute atomic E-state index is 0. The summed E-state index contributed by atoms with van der Waals surface area (Å²) >= 11 is 0. The number of ether oxygens (including phenoxy) is 3. The normalized spacial score (nSPS) is 18.0. The quantitative estimate of drug-likeness (QED) is 0.317. The van der Waals surface area contributed by atoms with E-state index in [0.29, 0.717) is 40.8 Å². The molecule has 0 spiro atoms. The first kappa shape index (κ1) is 26.9. The zero-order valence-corrected chi connectivity index (χ0v) is 22.0. The van der Waals surface area contributed by atoms with Crippen molar-refractivity contribution < 1.29 is 98.2 Å². The minimum atomic E-state index is -3.06. The molecule has 2 aliphatic rings. The van der Waals surface area contributed by atoms with Crippen LogP contribution in [0.1, 0.15) is 40.8 Å². The summed E-state index contributed by atoms with van der Waals surface area (Å²) in [6.45, 7) is 0. The van der Waals surface area contributed by atoms with Crippen LogP contribution in [0.3, 0.4) is 0 Å². The van der Waals surface area contributed by atoms with Crippen LogP contribution in [0.15, 0.2) is 30.3 Å². The van der Waals surface area contributed by atoms with Crippen molar-refractivity contribution >= 4 is 11.9 Å². The number of carboxylic acids is 2. The molecule has 3 N–H and O–H groups in total. The van der Waals surface area contributed by atoms with E-state index in [1.54, 1.807) is 24.3 Å². The van der Waals surface area contributed by atoms with Gasteiger partial charge in [0.25, 0.3) is 0 Å². The Labute approximate surface area is 228 Å². The third-order valence-electron chi connectivity index (χ3n) is 5.48. The summed E-state index contributed by atoms with van der Waals surface area (Å²) < 4.78 is 15.5. The van der Waals surface area contributed by atoms with Crippen LogP contribution in [-0.4, -0.2) is 29.9 Å². The van der Waals surface area contributed by atoms with Crippen LogP contribution >= 0.6 is 0 Å². The number of aliphatic hydroxyl groups excluding tert-OH is 1. The number of methoxy groups -OCH3 is 1. The van der Waals surface area contributed by atoms with Gasteiger partial charge in [-0.3, -0.25) is 0 Å². The number of hydrogen-bond donors (Lipinski definition) is 2. The maximum atomic E-state index is 11.4. The van der Waals surface area contributed by atoms with Crippen molar-refractivity contribution in [2.45, 2.75) is 37.2 Å². The molecule has 1 heterocycles. The number of hydrogen-bond acceptors (Lipinski definition) is 9. The van der Waals surface area contributed by atoms with E-state index in [9.17, 15) is 24.9 Å². The Bertz CT molecular complexity index is 1030. The van der Waals surface area contributed by atoms with Crippen molar-refractivity contribution in [1.82, 2.24) is 0 Å². The van der Waals surface area contributed by atoms with Crippen LogP contribution < -0.4 is 89.3 Å². The molecule has 1 aliphatic heterocycles. The van der Waals surface area contributed by atoms with Gasteiger partial charge >= 0.3 is 64.9 Å². The monoisotopic (exact) mass is 459 g/mol. The zero-order valence-electron chi connectivity index (χ0n) is 18.0. The van der Waals surface area contributed by atoms with Crippen molar-refractivity contribution in [3.63, 3.8) is 0 Å². The molecule has 1 aliphatic carbocycles. The average molecular weight is 459 g/mol. The number of nitrogens with two attached hydrogens (primary N) is 1. The van der Waals surface area contributed by atoms with E-state index in [2.05, 4.69) is 0 Å². The van der Waals surface area contributed by atoms with Gasteiger partial charge in [-0.05, 0) is 47.7 Å². The summed E-state index contributed by atoms with van der Waals surface area (Å²) in [6.07, 6.45) is 0.232. The van der Waals surface area contributed by atoms with Crippen LogP contribution in [0.25, 0.3) is 0 Å². The van der Waals surface area contributed by atoms with E-state index in [1.165, 1.54) is 13.2 Å². The molecule has 32 heavy (non-hydrogen) atoms. The first-order valence-corrected chi connectivity index (χ1v) is 9.34. The molecule has 0 saturated carbocycles. The molecule has 0 bridgehead atoms. The van der Waals surface area contributed by atoms with Gasteiger partial charge in [-0.1, -0.05) is 12.1 Å². The maximum Gasteiger partial charge on any atom is 1.00 e. The van der Waals surface area contributed by atoms with Gasteiger partial charge in [0.15, 0.2) is 11.5 Å². The standard InChI is InChI=1S/C21H21NO8.2Na/c1-28-12-4-2-3-10(7-12)15(23)8-11-9-16-18(13-5-6-14(22)17(11)13)30-21(29-16,19(24)25)20(26)27;;/h2-4,7,9,14-15,23H,5-6,8,22H2,1H3,(H,24,25)(H,26,27);;/q;2*+1/p-2.